The van der Waals surface area contributed by atoms with Crippen LogP contribution in [0.1, 0.15) is 23.9 Å². The molecule has 1 unspecified atom stereocenters. The molecule has 3 aromatic rings. The van der Waals surface area contributed by atoms with Gasteiger partial charge in [-0.3, -0.25) is 0 Å². The van der Waals surface area contributed by atoms with E-state index in [9.17, 15) is 13.6 Å². The van der Waals surface area contributed by atoms with Crippen molar-refractivity contribution in [2.24, 2.45) is 0 Å². The van der Waals surface area contributed by atoms with Crippen molar-refractivity contribution >= 4 is 28.4 Å². The average Bonchev–Trinajstić information content (AvgIpc) is 3.20. The number of urea groups is 1. The fraction of sp³-hybridized carbons (Fsp3) is 0.318. The van der Waals surface area contributed by atoms with E-state index in [4.69, 9.17) is 0 Å². The molecule has 0 aliphatic carbocycles. The summed E-state index contributed by atoms with van der Waals surface area (Å²) in [4.78, 5) is 21.0. The number of carbonyl (C=O) groups excluding carboxylic acids is 1. The molecule has 2 aromatic carbocycles. The highest BCUT2D eigenvalue weighted by molar-refractivity contribution is 7.09. The van der Waals surface area contributed by atoms with Crippen molar-refractivity contribution in [1.82, 2.24) is 14.3 Å². The third-order valence-electron chi connectivity index (χ3n) is 5.27. The van der Waals surface area contributed by atoms with Crippen LogP contribution >= 0.6 is 11.5 Å². The largest absolute Gasteiger partial charge is 0.343 e. The van der Waals surface area contributed by atoms with Gasteiger partial charge >= 0.3 is 6.03 Å². The van der Waals surface area contributed by atoms with Gasteiger partial charge in [-0.1, -0.05) is 29.8 Å². The van der Waals surface area contributed by atoms with Crippen LogP contribution in [0.5, 0.6) is 0 Å². The number of piperazine rings is 1. The standard InChI is InChI=1S/C22H23F2N5OS/c1-14-3-5-16(6-4-14)11-20-26-22(31-27-20)28-9-10-29(15(2)13-28)21(30)25-19-8-7-17(23)12-18(19)24/h3-8,12,15H,9-11,13H2,1-2H3,(H,25,30). The van der Waals surface area contributed by atoms with Gasteiger partial charge in [0.15, 0.2) is 0 Å². The van der Waals surface area contributed by atoms with E-state index in [1.54, 1.807) is 4.90 Å². The first-order valence-electron chi connectivity index (χ1n) is 10.0. The Balaban J connectivity index is 1.36. The topological polar surface area (TPSA) is 61.4 Å². The zero-order valence-corrected chi connectivity index (χ0v) is 18.1. The molecule has 2 amide bonds. The molecule has 0 bridgehead atoms. The van der Waals surface area contributed by atoms with Crippen LogP contribution in [0.3, 0.4) is 0 Å². The number of hydrogen-bond acceptors (Lipinski definition) is 5. The predicted octanol–water partition coefficient (Wildman–Crippen LogP) is 4.46. The Morgan fingerprint density at radius 3 is 2.68 bits per heavy atom. The summed E-state index contributed by atoms with van der Waals surface area (Å²) < 4.78 is 31.4. The lowest BCUT2D eigenvalue weighted by molar-refractivity contribution is 0.184. The molecule has 31 heavy (non-hydrogen) atoms. The summed E-state index contributed by atoms with van der Waals surface area (Å²) in [5.41, 5.74) is 2.34. The summed E-state index contributed by atoms with van der Waals surface area (Å²) in [7, 11) is 0. The number of aromatic nitrogens is 2. The van der Waals surface area contributed by atoms with Crippen LogP contribution in [0.25, 0.3) is 0 Å². The van der Waals surface area contributed by atoms with Crippen LogP contribution in [-0.4, -0.2) is 46.0 Å². The van der Waals surface area contributed by atoms with E-state index in [2.05, 4.69) is 50.8 Å². The maximum absolute atomic E-state index is 13.8. The van der Waals surface area contributed by atoms with E-state index in [0.717, 1.165) is 28.7 Å². The number of benzene rings is 2. The van der Waals surface area contributed by atoms with Crippen LogP contribution in [0.15, 0.2) is 42.5 Å². The molecule has 9 heteroatoms. The van der Waals surface area contributed by atoms with Gasteiger partial charge in [0.1, 0.15) is 17.5 Å². The Labute approximate surface area is 183 Å². The lowest BCUT2D eigenvalue weighted by Crippen LogP contribution is -2.55. The van der Waals surface area contributed by atoms with E-state index >= 15 is 0 Å². The monoisotopic (exact) mass is 443 g/mol. The van der Waals surface area contributed by atoms with Gasteiger partial charge in [0, 0.05) is 49.7 Å². The van der Waals surface area contributed by atoms with Gasteiger partial charge in [-0.25, -0.2) is 18.6 Å². The van der Waals surface area contributed by atoms with E-state index in [1.165, 1.54) is 23.2 Å². The second kappa shape index (κ2) is 8.97. The van der Waals surface area contributed by atoms with E-state index in [1.807, 2.05) is 6.92 Å². The van der Waals surface area contributed by atoms with Crippen molar-refractivity contribution in [2.75, 3.05) is 29.9 Å². The molecule has 1 aromatic heterocycles. The molecule has 1 N–H and O–H groups in total. The third-order valence-corrected chi connectivity index (χ3v) is 6.09. The van der Waals surface area contributed by atoms with Crippen LogP contribution in [0.2, 0.25) is 0 Å². The first-order valence-corrected chi connectivity index (χ1v) is 10.8. The number of nitrogens with one attached hydrogen (secondary N) is 1. The summed E-state index contributed by atoms with van der Waals surface area (Å²) in [6, 6.07) is 10.9. The fourth-order valence-corrected chi connectivity index (χ4v) is 4.26. The minimum absolute atomic E-state index is 0.0362. The van der Waals surface area contributed by atoms with Crippen LogP contribution < -0.4 is 10.2 Å². The smallest absolute Gasteiger partial charge is 0.322 e. The van der Waals surface area contributed by atoms with Crippen LogP contribution in [0.4, 0.5) is 24.4 Å². The summed E-state index contributed by atoms with van der Waals surface area (Å²) in [6.07, 6.45) is 0.679. The Bertz CT molecular complexity index is 1070. The first kappa shape index (κ1) is 21.2. The van der Waals surface area contributed by atoms with Crippen molar-refractivity contribution in [1.29, 1.82) is 0 Å². The molecule has 1 aliphatic rings. The van der Waals surface area contributed by atoms with Crippen molar-refractivity contribution < 1.29 is 13.6 Å². The van der Waals surface area contributed by atoms with Gasteiger partial charge in [0.2, 0.25) is 5.13 Å². The molecule has 0 saturated carbocycles. The van der Waals surface area contributed by atoms with Gasteiger partial charge in [-0.2, -0.15) is 4.37 Å². The summed E-state index contributed by atoms with van der Waals surface area (Å²) in [6.45, 7) is 5.64. The highest BCUT2D eigenvalue weighted by atomic mass is 32.1. The minimum Gasteiger partial charge on any atom is -0.343 e. The molecule has 162 valence electrons. The highest BCUT2D eigenvalue weighted by Crippen LogP contribution is 2.23. The summed E-state index contributed by atoms with van der Waals surface area (Å²) >= 11 is 1.36. The molecular weight excluding hydrogens is 420 g/mol. The summed E-state index contributed by atoms with van der Waals surface area (Å²) in [5, 5.41) is 3.36. The highest BCUT2D eigenvalue weighted by Gasteiger charge is 2.29. The lowest BCUT2D eigenvalue weighted by atomic mass is 10.1. The van der Waals surface area contributed by atoms with Crippen molar-refractivity contribution in [2.45, 2.75) is 26.3 Å². The first-order chi connectivity index (χ1) is 14.9. The molecule has 6 nitrogen and oxygen atoms in total. The van der Waals surface area contributed by atoms with Crippen LogP contribution in [-0.2, 0) is 6.42 Å². The van der Waals surface area contributed by atoms with Crippen molar-refractivity contribution in [3.05, 3.63) is 71.1 Å². The average molecular weight is 444 g/mol. The van der Waals surface area contributed by atoms with Crippen molar-refractivity contribution in [3.8, 4) is 0 Å². The number of halogens is 2. The SMILES string of the molecule is Cc1ccc(Cc2nsc(N3CCN(C(=O)Nc4ccc(F)cc4F)C(C)C3)n2)cc1. The van der Waals surface area contributed by atoms with Gasteiger partial charge < -0.3 is 15.1 Å². The number of aryl methyl sites for hydroxylation is 1. The number of hydrogen-bond donors (Lipinski definition) is 1. The summed E-state index contributed by atoms with van der Waals surface area (Å²) in [5.74, 6) is -0.700. The number of nitrogens with zero attached hydrogens (tertiary/aromatic N) is 4. The predicted molar refractivity (Wildman–Crippen MR) is 118 cm³/mol. The van der Waals surface area contributed by atoms with E-state index in [-0.39, 0.29) is 11.7 Å². The maximum Gasteiger partial charge on any atom is 0.322 e. The van der Waals surface area contributed by atoms with Gasteiger partial charge in [0.05, 0.1) is 5.69 Å². The van der Waals surface area contributed by atoms with Gasteiger partial charge in [0.25, 0.3) is 0 Å². The Morgan fingerprint density at radius 1 is 1.19 bits per heavy atom. The molecule has 0 spiro atoms. The molecule has 1 aliphatic heterocycles. The minimum atomic E-state index is -0.797. The number of anilines is 2. The Hall–Kier alpha value is -3.07. The van der Waals surface area contributed by atoms with Crippen molar-refractivity contribution in [3.63, 3.8) is 0 Å². The molecule has 1 saturated heterocycles. The Morgan fingerprint density at radius 2 is 1.97 bits per heavy atom. The number of rotatable bonds is 4. The molecule has 4 rings (SSSR count). The molecular formula is C22H23F2N5OS. The molecule has 0 radical (unpaired) electrons. The van der Waals surface area contributed by atoms with E-state index in [0.29, 0.717) is 26.1 Å². The molecule has 2 heterocycles. The van der Waals surface area contributed by atoms with E-state index < -0.39 is 17.7 Å². The quantitative estimate of drug-likeness (QED) is 0.647. The number of amides is 2. The maximum atomic E-state index is 13.8. The molecule has 1 atom stereocenters. The third kappa shape index (κ3) is 4.99. The second-order valence-electron chi connectivity index (χ2n) is 7.70. The molecule has 1 fully saturated rings. The van der Waals surface area contributed by atoms with Gasteiger partial charge in [-0.15, -0.1) is 0 Å². The van der Waals surface area contributed by atoms with Crippen LogP contribution in [0, 0.1) is 18.6 Å². The fourth-order valence-electron chi connectivity index (χ4n) is 3.54. The normalized spacial score (nSPS) is 16.5. The second-order valence-corrected chi connectivity index (χ2v) is 8.43. The zero-order valence-electron chi connectivity index (χ0n) is 17.3. The van der Waals surface area contributed by atoms with Gasteiger partial charge in [-0.05, 0) is 31.5 Å². The zero-order chi connectivity index (χ0) is 22.0. The lowest BCUT2D eigenvalue weighted by Gasteiger charge is -2.39. The Kier molecular flexibility index (Phi) is 6.13. The number of carbonyl (C=O) groups is 1.